The standard InChI is InChI=1S/C20H27FN4O2S/c1-15(27-17-8-6-16(21)7-9-17)13-23-20(24-14-19(26)25(2)3)22-11-10-18-5-4-12-28-18/h4-9,12,15H,10-11,13-14H2,1-3H3,(H2,22,23,24). The number of hydrogen-bond acceptors (Lipinski definition) is 4. The number of halogens is 1. The van der Waals surface area contributed by atoms with Gasteiger partial charge in [-0.05, 0) is 49.1 Å². The number of rotatable bonds is 9. The fourth-order valence-corrected chi connectivity index (χ4v) is 2.96. The molecular formula is C20H27FN4O2S. The molecule has 2 rings (SSSR count). The third-order valence-corrected chi connectivity index (χ3v) is 4.76. The van der Waals surface area contributed by atoms with Crippen LogP contribution in [0.25, 0.3) is 0 Å². The van der Waals surface area contributed by atoms with Gasteiger partial charge in [0, 0.05) is 25.5 Å². The number of hydrogen-bond donors (Lipinski definition) is 2. The summed E-state index contributed by atoms with van der Waals surface area (Å²) in [4.78, 5) is 19.0. The molecule has 0 aliphatic heterocycles. The zero-order valence-corrected chi connectivity index (χ0v) is 17.3. The Bertz CT molecular complexity index is 748. The zero-order valence-electron chi connectivity index (χ0n) is 16.4. The average molecular weight is 407 g/mol. The van der Waals surface area contributed by atoms with E-state index in [0.29, 0.717) is 24.8 Å². The highest BCUT2D eigenvalue weighted by atomic mass is 32.1. The van der Waals surface area contributed by atoms with Crippen LogP contribution in [0.4, 0.5) is 4.39 Å². The molecule has 8 heteroatoms. The van der Waals surface area contributed by atoms with Crippen molar-refractivity contribution in [1.82, 2.24) is 15.5 Å². The van der Waals surface area contributed by atoms with E-state index in [4.69, 9.17) is 4.74 Å². The molecule has 0 radical (unpaired) electrons. The molecule has 0 spiro atoms. The van der Waals surface area contributed by atoms with Crippen molar-refractivity contribution >= 4 is 23.2 Å². The number of thiophene rings is 1. The molecule has 0 aliphatic rings. The van der Waals surface area contributed by atoms with Crippen LogP contribution in [0.5, 0.6) is 5.75 Å². The fraction of sp³-hybridized carbons (Fsp3) is 0.400. The monoisotopic (exact) mass is 406 g/mol. The van der Waals surface area contributed by atoms with Crippen LogP contribution >= 0.6 is 11.3 Å². The summed E-state index contributed by atoms with van der Waals surface area (Å²) in [5.74, 6) is 0.784. The summed E-state index contributed by atoms with van der Waals surface area (Å²) < 4.78 is 18.7. The van der Waals surface area contributed by atoms with Crippen LogP contribution in [0.1, 0.15) is 11.8 Å². The Balaban J connectivity index is 1.86. The molecule has 1 aromatic carbocycles. The van der Waals surface area contributed by atoms with Gasteiger partial charge in [0.2, 0.25) is 5.91 Å². The SMILES string of the molecule is CC(CNC(=NCC(=O)N(C)C)NCCc1cccs1)Oc1ccc(F)cc1. The molecule has 6 nitrogen and oxygen atoms in total. The van der Waals surface area contributed by atoms with Crippen molar-refractivity contribution < 1.29 is 13.9 Å². The number of nitrogens with zero attached hydrogens (tertiary/aromatic N) is 2. The highest BCUT2D eigenvalue weighted by molar-refractivity contribution is 7.09. The lowest BCUT2D eigenvalue weighted by Crippen LogP contribution is -2.43. The topological polar surface area (TPSA) is 66.0 Å². The van der Waals surface area contributed by atoms with Crippen LogP contribution in [0.3, 0.4) is 0 Å². The maximum Gasteiger partial charge on any atom is 0.243 e. The summed E-state index contributed by atoms with van der Waals surface area (Å²) >= 11 is 1.71. The molecular weight excluding hydrogens is 379 g/mol. The number of ether oxygens (including phenoxy) is 1. The predicted molar refractivity (Wildman–Crippen MR) is 112 cm³/mol. The zero-order chi connectivity index (χ0) is 20.4. The average Bonchev–Trinajstić information content (AvgIpc) is 3.18. The molecule has 0 aliphatic carbocycles. The molecule has 1 atom stereocenters. The fourth-order valence-electron chi connectivity index (χ4n) is 2.25. The van der Waals surface area contributed by atoms with Crippen molar-refractivity contribution in [3.8, 4) is 5.75 Å². The summed E-state index contributed by atoms with van der Waals surface area (Å²) in [6, 6.07) is 10.0. The van der Waals surface area contributed by atoms with Gasteiger partial charge >= 0.3 is 0 Å². The van der Waals surface area contributed by atoms with Crippen LogP contribution in [0, 0.1) is 5.82 Å². The molecule has 0 bridgehead atoms. The second-order valence-electron chi connectivity index (χ2n) is 6.47. The van der Waals surface area contributed by atoms with Gasteiger partial charge in [-0.25, -0.2) is 9.38 Å². The Hall–Kier alpha value is -2.61. The van der Waals surface area contributed by atoms with E-state index < -0.39 is 0 Å². The Morgan fingerprint density at radius 3 is 2.64 bits per heavy atom. The number of benzene rings is 1. The van der Waals surface area contributed by atoms with Crippen molar-refractivity contribution in [2.75, 3.05) is 33.7 Å². The number of carbonyl (C=O) groups excluding carboxylic acids is 1. The summed E-state index contributed by atoms with van der Waals surface area (Å²) in [7, 11) is 3.40. The number of amides is 1. The van der Waals surface area contributed by atoms with Gasteiger partial charge in [0.05, 0.1) is 6.54 Å². The molecule has 1 aromatic heterocycles. The van der Waals surface area contributed by atoms with Crippen LogP contribution in [0.2, 0.25) is 0 Å². The van der Waals surface area contributed by atoms with E-state index in [1.54, 1.807) is 37.6 Å². The van der Waals surface area contributed by atoms with E-state index in [2.05, 4.69) is 21.7 Å². The lowest BCUT2D eigenvalue weighted by atomic mass is 10.3. The van der Waals surface area contributed by atoms with Gasteiger partial charge in [-0.15, -0.1) is 11.3 Å². The van der Waals surface area contributed by atoms with E-state index in [1.807, 2.05) is 18.4 Å². The first kappa shape index (κ1) is 21.7. The molecule has 0 fully saturated rings. The van der Waals surface area contributed by atoms with E-state index in [-0.39, 0.29) is 24.4 Å². The number of aliphatic imine (C=N–C) groups is 1. The Labute approximate surface area is 169 Å². The predicted octanol–water partition coefficient (Wildman–Crippen LogP) is 2.52. The van der Waals surface area contributed by atoms with Gasteiger partial charge < -0.3 is 20.3 Å². The first-order valence-electron chi connectivity index (χ1n) is 9.11. The molecule has 2 aromatic rings. The van der Waals surface area contributed by atoms with Crippen molar-refractivity contribution in [2.24, 2.45) is 4.99 Å². The Morgan fingerprint density at radius 1 is 1.25 bits per heavy atom. The van der Waals surface area contributed by atoms with Crippen molar-refractivity contribution in [2.45, 2.75) is 19.4 Å². The van der Waals surface area contributed by atoms with Crippen LogP contribution in [0.15, 0.2) is 46.8 Å². The summed E-state index contributed by atoms with van der Waals surface area (Å²) in [6.45, 7) is 3.16. The molecule has 1 unspecified atom stereocenters. The lowest BCUT2D eigenvalue weighted by molar-refractivity contribution is -0.127. The Kier molecular flexibility index (Phi) is 8.74. The largest absolute Gasteiger partial charge is 0.489 e. The number of likely N-dealkylation sites (N-methyl/N-ethyl adjacent to an activating group) is 1. The number of guanidine groups is 1. The normalized spacial score (nSPS) is 12.4. The molecule has 1 heterocycles. The van der Waals surface area contributed by atoms with Gasteiger partial charge in [0.25, 0.3) is 0 Å². The minimum atomic E-state index is -0.298. The van der Waals surface area contributed by atoms with Crippen LogP contribution in [-0.2, 0) is 11.2 Å². The van der Waals surface area contributed by atoms with E-state index in [0.717, 1.165) is 6.42 Å². The van der Waals surface area contributed by atoms with E-state index >= 15 is 0 Å². The smallest absolute Gasteiger partial charge is 0.243 e. The molecule has 0 saturated heterocycles. The van der Waals surface area contributed by atoms with Gasteiger partial charge in [-0.2, -0.15) is 0 Å². The number of carbonyl (C=O) groups is 1. The van der Waals surface area contributed by atoms with Crippen LogP contribution < -0.4 is 15.4 Å². The van der Waals surface area contributed by atoms with Crippen molar-refractivity contribution in [1.29, 1.82) is 0 Å². The second kappa shape index (κ2) is 11.3. The quantitative estimate of drug-likeness (QED) is 0.496. The van der Waals surface area contributed by atoms with Gasteiger partial charge in [-0.1, -0.05) is 6.07 Å². The summed E-state index contributed by atoms with van der Waals surface area (Å²) in [5, 5.41) is 8.50. The molecule has 1 amide bonds. The highest BCUT2D eigenvalue weighted by Gasteiger charge is 2.08. The van der Waals surface area contributed by atoms with E-state index in [1.165, 1.54) is 21.9 Å². The first-order valence-corrected chi connectivity index (χ1v) is 9.99. The van der Waals surface area contributed by atoms with Gasteiger partial charge in [0.15, 0.2) is 5.96 Å². The first-order chi connectivity index (χ1) is 13.4. The minimum absolute atomic E-state index is 0.0640. The highest BCUT2D eigenvalue weighted by Crippen LogP contribution is 2.12. The van der Waals surface area contributed by atoms with Crippen LogP contribution in [-0.4, -0.2) is 56.6 Å². The maximum absolute atomic E-state index is 13.0. The molecule has 152 valence electrons. The van der Waals surface area contributed by atoms with E-state index in [9.17, 15) is 9.18 Å². The Morgan fingerprint density at radius 2 is 2.00 bits per heavy atom. The maximum atomic E-state index is 13.0. The number of nitrogens with one attached hydrogen (secondary N) is 2. The van der Waals surface area contributed by atoms with Gasteiger partial charge in [-0.3, -0.25) is 4.79 Å². The molecule has 0 saturated carbocycles. The lowest BCUT2D eigenvalue weighted by Gasteiger charge is -2.18. The third kappa shape index (κ3) is 7.96. The van der Waals surface area contributed by atoms with Crippen molar-refractivity contribution in [3.05, 3.63) is 52.5 Å². The minimum Gasteiger partial charge on any atom is -0.489 e. The summed E-state index contributed by atoms with van der Waals surface area (Å²) in [6.07, 6.45) is 0.709. The summed E-state index contributed by atoms with van der Waals surface area (Å²) in [5.41, 5.74) is 0. The third-order valence-electron chi connectivity index (χ3n) is 3.82. The second-order valence-corrected chi connectivity index (χ2v) is 7.50. The van der Waals surface area contributed by atoms with Crippen molar-refractivity contribution in [3.63, 3.8) is 0 Å². The molecule has 2 N–H and O–H groups in total. The molecule has 28 heavy (non-hydrogen) atoms. The van der Waals surface area contributed by atoms with Gasteiger partial charge in [0.1, 0.15) is 24.2 Å².